The average molecular weight is 546 g/mol. The van der Waals surface area contributed by atoms with Crippen molar-refractivity contribution < 1.29 is 19.1 Å². The van der Waals surface area contributed by atoms with E-state index in [9.17, 15) is 9.59 Å². The van der Waals surface area contributed by atoms with Crippen LogP contribution in [0.2, 0.25) is 0 Å². The third-order valence-corrected chi connectivity index (χ3v) is 7.76. The first-order chi connectivity index (χ1) is 19.0. The lowest BCUT2D eigenvalue weighted by molar-refractivity contribution is -0.115. The molecule has 0 saturated carbocycles. The lowest BCUT2D eigenvalue weighted by atomic mass is 9.96. The molecule has 2 amide bonds. The van der Waals surface area contributed by atoms with Gasteiger partial charge in [0.05, 0.1) is 24.8 Å². The predicted molar refractivity (Wildman–Crippen MR) is 153 cm³/mol. The second-order valence-electron chi connectivity index (χ2n) is 9.42. The normalized spacial score (nSPS) is 17.0. The first-order valence-electron chi connectivity index (χ1n) is 12.9. The van der Waals surface area contributed by atoms with Crippen LogP contribution in [0.3, 0.4) is 0 Å². The summed E-state index contributed by atoms with van der Waals surface area (Å²) in [5.41, 5.74) is 4.02. The van der Waals surface area contributed by atoms with Crippen molar-refractivity contribution >= 4 is 34.9 Å². The van der Waals surface area contributed by atoms with Crippen LogP contribution in [0.15, 0.2) is 59.6 Å². The molecule has 2 N–H and O–H groups in total. The van der Waals surface area contributed by atoms with Crippen LogP contribution in [0.25, 0.3) is 17.2 Å². The molecule has 0 aliphatic carbocycles. The van der Waals surface area contributed by atoms with Crippen LogP contribution in [-0.2, 0) is 11.3 Å². The summed E-state index contributed by atoms with van der Waals surface area (Å²) >= 11 is 0.888. The van der Waals surface area contributed by atoms with E-state index in [4.69, 9.17) is 9.47 Å². The van der Waals surface area contributed by atoms with Gasteiger partial charge in [-0.2, -0.15) is 0 Å². The number of anilines is 1. The van der Waals surface area contributed by atoms with Gasteiger partial charge in [-0.15, -0.1) is 0 Å². The van der Waals surface area contributed by atoms with E-state index in [-0.39, 0.29) is 11.1 Å². The van der Waals surface area contributed by atoms with E-state index >= 15 is 0 Å². The lowest BCUT2D eigenvalue weighted by Crippen LogP contribution is -2.38. The number of hydrogen-bond donors (Lipinski definition) is 2. The number of rotatable bonds is 9. The molecule has 10 heteroatoms. The number of thioether (sulfide) groups is 1. The Morgan fingerprint density at radius 1 is 1.08 bits per heavy atom. The number of hydrogen-bond acceptors (Lipinski definition) is 9. The standard InChI is InChI=1S/C29H31N5O4S/c1-37-22-7-8-24(25(16-22)38-2)23-6-4-3-5-20(23)18-30-17-19-10-13-34(14-11-19)28-31-12-9-21(32-28)15-26-27(35)33-29(36)39-26/h3-9,12,15-16,19,30H,10-11,13-14,17-18H2,1-2H3,(H,33,35,36)/b26-15-. The Morgan fingerprint density at radius 3 is 2.64 bits per heavy atom. The first-order valence-corrected chi connectivity index (χ1v) is 13.7. The maximum absolute atomic E-state index is 11.8. The van der Waals surface area contributed by atoms with Crippen LogP contribution in [0.5, 0.6) is 11.5 Å². The molecule has 2 fully saturated rings. The number of methoxy groups -OCH3 is 2. The van der Waals surface area contributed by atoms with Crippen molar-refractivity contribution in [3.8, 4) is 22.6 Å². The molecule has 0 radical (unpaired) electrons. The third-order valence-electron chi connectivity index (χ3n) is 6.95. The summed E-state index contributed by atoms with van der Waals surface area (Å²) in [6, 6.07) is 16.0. The van der Waals surface area contributed by atoms with Gasteiger partial charge in [-0.3, -0.25) is 14.9 Å². The number of carbonyl (C=O) groups is 2. The fraction of sp³-hybridized carbons (Fsp3) is 0.310. The van der Waals surface area contributed by atoms with E-state index in [1.54, 1.807) is 32.6 Å². The summed E-state index contributed by atoms with van der Waals surface area (Å²) in [5.74, 6) is 2.37. The Labute approximate surface area is 232 Å². The molecule has 2 aliphatic rings. The summed E-state index contributed by atoms with van der Waals surface area (Å²) in [4.78, 5) is 34.8. The number of carbonyl (C=O) groups excluding carboxylic acids is 2. The largest absolute Gasteiger partial charge is 0.497 e. The summed E-state index contributed by atoms with van der Waals surface area (Å²) < 4.78 is 11.0. The summed E-state index contributed by atoms with van der Waals surface area (Å²) in [6.45, 7) is 3.41. The van der Waals surface area contributed by atoms with E-state index < -0.39 is 0 Å². The van der Waals surface area contributed by atoms with Gasteiger partial charge < -0.3 is 19.7 Å². The van der Waals surface area contributed by atoms with Crippen molar-refractivity contribution in [3.63, 3.8) is 0 Å². The molecule has 39 heavy (non-hydrogen) atoms. The van der Waals surface area contributed by atoms with Gasteiger partial charge in [0.25, 0.3) is 11.1 Å². The molecule has 2 aromatic carbocycles. The van der Waals surface area contributed by atoms with Crippen molar-refractivity contribution in [1.29, 1.82) is 0 Å². The fourth-order valence-corrected chi connectivity index (χ4v) is 5.52. The quantitative estimate of drug-likeness (QED) is 0.376. The summed E-state index contributed by atoms with van der Waals surface area (Å²) in [6.07, 6.45) is 5.38. The van der Waals surface area contributed by atoms with Gasteiger partial charge in [0.1, 0.15) is 11.5 Å². The molecule has 1 aromatic heterocycles. The zero-order valence-electron chi connectivity index (χ0n) is 22.0. The van der Waals surface area contributed by atoms with Gasteiger partial charge in [0.15, 0.2) is 0 Å². The summed E-state index contributed by atoms with van der Waals surface area (Å²) in [7, 11) is 3.33. The number of ether oxygens (including phenoxy) is 2. The zero-order chi connectivity index (χ0) is 27.2. The monoisotopic (exact) mass is 545 g/mol. The van der Waals surface area contributed by atoms with Crippen LogP contribution in [-0.4, -0.2) is 55.0 Å². The predicted octanol–water partition coefficient (Wildman–Crippen LogP) is 4.49. The minimum absolute atomic E-state index is 0.349. The topological polar surface area (TPSA) is 106 Å². The molecule has 0 spiro atoms. The highest BCUT2D eigenvalue weighted by Crippen LogP contribution is 2.35. The van der Waals surface area contributed by atoms with E-state index in [2.05, 4.69) is 43.7 Å². The highest BCUT2D eigenvalue weighted by molar-refractivity contribution is 8.18. The molecule has 2 saturated heterocycles. The Morgan fingerprint density at radius 2 is 1.90 bits per heavy atom. The fourth-order valence-electron chi connectivity index (χ4n) is 4.86. The molecule has 0 atom stereocenters. The van der Waals surface area contributed by atoms with Gasteiger partial charge in [0, 0.05) is 37.5 Å². The van der Waals surface area contributed by atoms with E-state index in [0.717, 1.165) is 73.4 Å². The van der Waals surface area contributed by atoms with E-state index in [0.29, 0.717) is 22.5 Å². The molecular formula is C29H31N5O4S. The van der Waals surface area contributed by atoms with Crippen molar-refractivity contribution in [1.82, 2.24) is 20.6 Å². The molecule has 5 rings (SSSR count). The highest BCUT2D eigenvalue weighted by Gasteiger charge is 2.26. The van der Waals surface area contributed by atoms with Gasteiger partial charge in [-0.05, 0) is 72.5 Å². The minimum Gasteiger partial charge on any atom is -0.497 e. The Bertz CT molecular complexity index is 1390. The highest BCUT2D eigenvalue weighted by atomic mass is 32.2. The van der Waals surface area contributed by atoms with Gasteiger partial charge in [-0.25, -0.2) is 9.97 Å². The molecule has 2 aliphatic heterocycles. The number of piperidine rings is 1. The Hall–Kier alpha value is -3.89. The first kappa shape index (κ1) is 26.7. The number of benzene rings is 2. The van der Waals surface area contributed by atoms with Crippen molar-refractivity contribution in [2.24, 2.45) is 5.92 Å². The number of imide groups is 1. The van der Waals surface area contributed by atoms with E-state index in [1.807, 2.05) is 24.3 Å². The van der Waals surface area contributed by atoms with E-state index in [1.165, 1.54) is 5.56 Å². The minimum atomic E-state index is -0.385. The average Bonchev–Trinajstić information content (AvgIpc) is 3.29. The van der Waals surface area contributed by atoms with Gasteiger partial charge >= 0.3 is 0 Å². The molecule has 0 bridgehead atoms. The Balaban J connectivity index is 1.16. The lowest BCUT2D eigenvalue weighted by Gasteiger charge is -2.32. The van der Waals surface area contributed by atoms with Crippen LogP contribution in [0.1, 0.15) is 24.1 Å². The maximum Gasteiger partial charge on any atom is 0.290 e. The summed E-state index contributed by atoms with van der Waals surface area (Å²) in [5, 5.41) is 5.57. The number of amides is 2. The second kappa shape index (κ2) is 12.3. The molecule has 202 valence electrons. The van der Waals surface area contributed by atoms with Crippen LogP contribution in [0.4, 0.5) is 10.7 Å². The van der Waals surface area contributed by atoms with Crippen LogP contribution in [0, 0.1) is 5.92 Å². The van der Waals surface area contributed by atoms with Crippen molar-refractivity contribution in [2.75, 3.05) is 38.8 Å². The van der Waals surface area contributed by atoms with Crippen molar-refractivity contribution in [2.45, 2.75) is 19.4 Å². The number of nitrogens with zero attached hydrogens (tertiary/aromatic N) is 3. The van der Waals surface area contributed by atoms with Crippen LogP contribution >= 0.6 is 11.8 Å². The van der Waals surface area contributed by atoms with Crippen LogP contribution < -0.4 is 25.0 Å². The molecule has 9 nitrogen and oxygen atoms in total. The van der Waals surface area contributed by atoms with Gasteiger partial charge in [-0.1, -0.05) is 24.3 Å². The third kappa shape index (κ3) is 6.40. The molecule has 0 unspecified atom stereocenters. The molecular weight excluding hydrogens is 514 g/mol. The van der Waals surface area contributed by atoms with Gasteiger partial charge in [0.2, 0.25) is 5.95 Å². The zero-order valence-corrected chi connectivity index (χ0v) is 22.8. The Kier molecular flexibility index (Phi) is 8.43. The number of aromatic nitrogens is 2. The second-order valence-corrected chi connectivity index (χ2v) is 10.4. The SMILES string of the molecule is COc1ccc(-c2ccccc2CNCC2CCN(c3nccc(/C=C4\SC(=O)NC4=O)n3)CC2)c(OC)c1. The smallest absolute Gasteiger partial charge is 0.290 e. The molecule has 3 aromatic rings. The number of nitrogens with one attached hydrogen (secondary N) is 2. The maximum atomic E-state index is 11.8. The molecule has 3 heterocycles. The van der Waals surface area contributed by atoms with Crippen molar-refractivity contribution in [3.05, 3.63) is 70.9 Å².